The first-order chi connectivity index (χ1) is 28.1. The van der Waals surface area contributed by atoms with Crippen molar-refractivity contribution in [3.05, 3.63) is 179 Å². The summed E-state index contributed by atoms with van der Waals surface area (Å²) in [6.07, 6.45) is 2.72. The molecule has 3 aliphatic rings. The monoisotopic (exact) mass is 774 g/mol. The first-order valence-corrected chi connectivity index (χ1v) is 20.6. The van der Waals surface area contributed by atoms with Crippen LogP contribution in [-0.4, -0.2) is 18.5 Å². The Morgan fingerprint density at radius 2 is 0.864 bits per heavy atom. The Kier molecular flexibility index (Phi) is 8.86. The average molecular weight is 775 g/mol. The minimum absolute atomic E-state index is 0.171. The van der Waals surface area contributed by atoms with Crippen LogP contribution in [0.4, 0.5) is 0 Å². The number of hydrogen-bond donors (Lipinski definition) is 0. The van der Waals surface area contributed by atoms with Gasteiger partial charge in [-0.2, -0.15) is 0 Å². The second kappa shape index (κ2) is 13.7. The minimum Gasteiger partial charge on any atom is -0.462 e. The van der Waals surface area contributed by atoms with Gasteiger partial charge in [-0.05, 0) is 131 Å². The fourth-order valence-electron chi connectivity index (χ4n) is 10.0. The van der Waals surface area contributed by atoms with E-state index in [1.807, 2.05) is 6.92 Å². The van der Waals surface area contributed by atoms with Crippen molar-refractivity contribution < 1.29 is 19.1 Å². The summed E-state index contributed by atoms with van der Waals surface area (Å²) in [4.78, 5) is 23.5. The molecule has 4 heteroatoms. The number of carbonyl (C=O) groups is 2. The summed E-state index contributed by atoms with van der Waals surface area (Å²) in [5.41, 5.74) is 21.9. The topological polar surface area (TPSA) is 52.6 Å². The standard InChI is InChI=1S/C55H50O4/c1-10-51(56)58-25-24-33-12-18-39-41-20-14-35(28-47(41)53(4,5)45(39)26-33)37-16-22-43-44-23-17-38(31-50(44)55(8,9)49(43)30-37)36-15-21-42-40-19-13-34(32(3)59-52(57)11-2)27-46(40)54(6,7)48(42)29-36/h10-23,26-32H,1-2,24-25H2,3-9H3. The lowest BCUT2D eigenvalue weighted by atomic mass is 9.79. The van der Waals surface area contributed by atoms with Gasteiger partial charge in [0.2, 0.25) is 0 Å². The highest BCUT2D eigenvalue weighted by Crippen LogP contribution is 2.54. The van der Waals surface area contributed by atoms with Crippen molar-refractivity contribution in [2.24, 2.45) is 0 Å². The smallest absolute Gasteiger partial charge is 0.330 e. The summed E-state index contributed by atoms with van der Waals surface area (Å²) in [7, 11) is 0. The number of benzene rings is 6. The normalized spacial score (nSPS) is 15.8. The van der Waals surface area contributed by atoms with Crippen molar-refractivity contribution >= 4 is 11.9 Å². The number of ether oxygens (including phenoxy) is 2. The van der Waals surface area contributed by atoms with Crippen LogP contribution in [0, 0.1) is 0 Å². The predicted octanol–water partition coefficient (Wildman–Crippen LogP) is 13.0. The second-order valence-electron chi connectivity index (χ2n) is 18.0. The molecule has 1 atom stereocenters. The number of fused-ring (bicyclic) bond motifs is 9. The Balaban J connectivity index is 0.994. The van der Waals surface area contributed by atoms with E-state index in [0.29, 0.717) is 13.0 Å². The molecular weight excluding hydrogens is 725 g/mol. The average Bonchev–Trinajstić information content (AvgIpc) is 3.71. The third-order valence-corrected chi connectivity index (χ3v) is 13.5. The van der Waals surface area contributed by atoms with Crippen LogP contribution in [0.25, 0.3) is 55.6 Å². The number of carbonyl (C=O) groups excluding carboxylic acids is 2. The van der Waals surface area contributed by atoms with E-state index < -0.39 is 5.97 Å². The van der Waals surface area contributed by atoms with Crippen molar-refractivity contribution in [3.63, 3.8) is 0 Å². The van der Waals surface area contributed by atoms with Crippen molar-refractivity contribution in [1.29, 1.82) is 0 Å². The fourth-order valence-corrected chi connectivity index (χ4v) is 10.0. The Morgan fingerprint density at radius 3 is 1.27 bits per heavy atom. The van der Waals surface area contributed by atoms with E-state index in [0.717, 1.165) is 11.1 Å². The highest BCUT2D eigenvalue weighted by molar-refractivity contribution is 5.89. The summed E-state index contributed by atoms with van der Waals surface area (Å²) >= 11 is 0. The molecule has 0 amide bonds. The molecule has 4 nitrogen and oxygen atoms in total. The molecule has 1 unspecified atom stereocenters. The van der Waals surface area contributed by atoms with Gasteiger partial charge in [-0.15, -0.1) is 0 Å². The molecule has 0 bridgehead atoms. The molecule has 6 aromatic rings. The van der Waals surface area contributed by atoms with E-state index in [1.54, 1.807) is 0 Å². The number of hydrogen-bond acceptors (Lipinski definition) is 4. The van der Waals surface area contributed by atoms with E-state index in [2.05, 4.69) is 164 Å². The highest BCUT2D eigenvalue weighted by Gasteiger charge is 2.39. The third kappa shape index (κ3) is 6.03. The van der Waals surface area contributed by atoms with Crippen LogP contribution in [-0.2, 0) is 41.7 Å². The SMILES string of the molecule is C=CC(=O)OCCc1ccc2c(c1)C(C)(C)c1cc(-c3ccc4c(c3)C(C)(C)c3cc(-c5ccc6c(c5)C(C)(C)c5cc(C(C)OC(=O)C=C)ccc5-6)ccc3-4)ccc1-2. The van der Waals surface area contributed by atoms with Crippen LogP contribution >= 0.6 is 0 Å². The molecule has 0 heterocycles. The zero-order chi connectivity index (χ0) is 41.6. The molecule has 9 rings (SSSR count). The second-order valence-corrected chi connectivity index (χ2v) is 18.0. The van der Waals surface area contributed by atoms with E-state index in [4.69, 9.17) is 9.47 Å². The van der Waals surface area contributed by atoms with E-state index in [9.17, 15) is 9.59 Å². The summed E-state index contributed by atoms with van der Waals surface area (Å²) in [6.45, 7) is 23.2. The van der Waals surface area contributed by atoms with Gasteiger partial charge in [0.15, 0.2) is 0 Å². The maximum atomic E-state index is 11.9. The van der Waals surface area contributed by atoms with Gasteiger partial charge in [0.1, 0.15) is 6.10 Å². The van der Waals surface area contributed by atoms with E-state index in [1.165, 1.54) is 101 Å². The molecule has 0 saturated heterocycles. The van der Waals surface area contributed by atoms with Gasteiger partial charge in [0.25, 0.3) is 0 Å². The van der Waals surface area contributed by atoms with Gasteiger partial charge in [0, 0.05) is 34.8 Å². The van der Waals surface area contributed by atoms with Crippen LogP contribution in [0.1, 0.15) is 99.1 Å². The van der Waals surface area contributed by atoms with Gasteiger partial charge in [-0.3, -0.25) is 0 Å². The molecule has 0 saturated carbocycles. The van der Waals surface area contributed by atoms with Crippen LogP contribution in [0.2, 0.25) is 0 Å². The molecule has 0 spiro atoms. The molecule has 6 aromatic carbocycles. The molecular formula is C55H50O4. The van der Waals surface area contributed by atoms with Crippen molar-refractivity contribution in [2.75, 3.05) is 6.61 Å². The summed E-state index contributed by atoms with van der Waals surface area (Å²) in [5, 5.41) is 0. The molecule has 0 fully saturated rings. The zero-order valence-corrected chi connectivity index (χ0v) is 35.1. The van der Waals surface area contributed by atoms with Crippen LogP contribution in [0.5, 0.6) is 0 Å². The van der Waals surface area contributed by atoms with E-state index >= 15 is 0 Å². The Bertz CT molecular complexity index is 2790. The maximum absolute atomic E-state index is 11.9. The fraction of sp³-hybridized carbons (Fsp3) is 0.236. The lowest BCUT2D eigenvalue weighted by molar-refractivity contribution is -0.142. The minimum atomic E-state index is -0.416. The van der Waals surface area contributed by atoms with Gasteiger partial charge in [0.05, 0.1) is 6.61 Å². The van der Waals surface area contributed by atoms with Gasteiger partial charge < -0.3 is 9.47 Å². The molecule has 294 valence electrons. The van der Waals surface area contributed by atoms with Crippen LogP contribution < -0.4 is 0 Å². The van der Waals surface area contributed by atoms with Crippen molar-refractivity contribution in [3.8, 4) is 55.6 Å². The van der Waals surface area contributed by atoms with Gasteiger partial charge in [-0.1, -0.05) is 140 Å². The third-order valence-electron chi connectivity index (χ3n) is 13.5. The molecule has 59 heavy (non-hydrogen) atoms. The number of esters is 2. The van der Waals surface area contributed by atoms with Gasteiger partial charge >= 0.3 is 11.9 Å². The van der Waals surface area contributed by atoms with Crippen LogP contribution in [0.3, 0.4) is 0 Å². The molecule has 0 N–H and O–H groups in total. The number of rotatable bonds is 9. The largest absolute Gasteiger partial charge is 0.462 e. The lowest BCUT2D eigenvalue weighted by Crippen LogP contribution is -2.16. The Hall–Kier alpha value is -6.26. The van der Waals surface area contributed by atoms with Crippen molar-refractivity contribution in [2.45, 2.75) is 77.2 Å². The molecule has 3 aliphatic carbocycles. The quantitative estimate of drug-likeness (QED) is 0.108. The van der Waals surface area contributed by atoms with Crippen LogP contribution in [0.15, 0.2) is 135 Å². The predicted molar refractivity (Wildman–Crippen MR) is 240 cm³/mol. The lowest BCUT2D eigenvalue weighted by Gasteiger charge is -2.24. The van der Waals surface area contributed by atoms with Crippen molar-refractivity contribution in [1.82, 2.24) is 0 Å². The molecule has 0 aromatic heterocycles. The molecule has 0 aliphatic heterocycles. The summed E-state index contributed by atoms with van der Waals surface area (Å²) in [5.74, 6) is -0.805. The Labute approximate surface area is 348 Å². The Morgan fingerprint density at radius 1 is 0.508 bits per heavy atom. The molecule has 0 radical (unpaired) electrons. The van der Waals surface area contributed by atoms with Gasteiger partial charge in [-0.25, -0.2) is 9.59 Å². The summed E-state index contributed by atoms with van der Waals surface area (Å²) in [6, 6.07) is 41.0. The maximum Gasteiger partial charge on any atom is 0.330 e. The van der Waals surface area contributed by atoms with E-state index in [-0.39, 0.29) is 28.3 Å². The summed E-state index contributed by atoms with van der Waals surface area (Å²) < 4.78 is 10.8. The highest BCUT2D eigenvalue weighted by atomic mass is 16.5. The first-order valence-electron chi connectivity index (χ1n) is 20.6. The first kappa shape index (κ1) is 38.3. The zero-order valence-electron chi connectivity index (χ0n) is 35.1.